The van der Waals surface area contributed by atoms with Gasteiger partial charge in [-0.05, 0) is 48.5 Å². The number of amides is 2. The zero-order valence-electron chi connectivity index (χ0n) is 13.2. The summed E-state index contributed by atoms with van der Waals surface area (Å²) in [6.07, 6.45) is 0.217. The molecule has 1 aliphatic heterocycles. The van der Waals surface area contributed by atoms with Gasteiger partial charge >= 0.3 is 0 Å². The first-order valence-electron chi connectivity index (χ1n) is 7.57. The third kappa shape index (κ3) is 3.59. The molecule has 24 heavy (non-hydrogen) atoms. The van der Waals surface area contributed by atoms with Crippen LogP contribution in [0.2, 0.25) is 0 Å². The van der Waals surface area contributed by atoms with E-state index < -0.39 is 0 Å². The number of methoxy groups -OCH3 is 1. The van der Waals surface area contributed by atoms with E-state index in [1.807, 2.05) is 36.4 Å². The summed E-state index contributed by atoms with van der Waals surface area (Å²) in [5.41, 5.74) is 1.50. The maximum Gasteiger partial charge on any atom is 0.229 e. The van der Waals surface area contributed by atoms with Crippen LogP contribution in [0.3, 0.4) is 0 Å². The van der Waals surface area contributed by atoms with Gasteiger partial charge in [-0.15, -0.1) is 0 Å². The van der Waals surface area contributed by atoms with Crippen molar-refractivity contribution < 1.29 is 14.3 Å². The topological polar surface area (TPSA) is 58.6 Å². The third-order valence-electron chi connectivity index (χ3n) is 3.99. The van der Waals surface area contributed by atoms with Crippen molar-refractivity contribution >= 4 is 39.1 Å². The summed E-state index contributed by atoms with van der Waals surface area (Å²) in [5.74, 6) is 0.191. The van der Waals surface area contributed by atoms with Crippen molar-refractivity contribution in [2.45, 2.75) is 6.42 Å². The Kier molecular flexibility index (Phi) is 4.85. The molecule has 6 heteroatoms. The van der Waals surface area contributed by atoms with Crippen LogP contribution in [0.25, 0.3) is 0 Å². The van der Waals surface area contributed by atoms with E-state index in [1.54, 1.807) is 24.1 Å². The molecule has 1 aliphatic rings. The Morgan fingerprint density at radius 1 is 1.17 bits per heavy atom. The summed E-state index contributed by atoms with van der Waals surface area (Å²) in [7, 11) is 1.60. The smallest absolute Gasteiger partial charge is 0.229 e. The molecule has 1 fully saturated rings. The quantitative estimate of drug-likeness (QED) is 0.872. The van der Waals surface area contributed by atoms with Gasteiger partial charge in [-0.3, -0.25) is 9.59 Å². The van der Waals surface area contributed by atoms with Gasteiger partial charge in [0.05, 0.1) is 13.0 Å². The number of halogens is 1. The second-order valence-corrected chi connectivity index (χ2v) is 6.52. The molecule has 2 amide bonds. The number of ether oxygens (including phenoxy) is 1. The minimum Gasteiger partial charge on any atom is -0.497 e. The van der Waals surface area contributed by atoms with Gasteiger partial charge in [0, 0.05) is 28.8 Å². The predicted octanol–water partition coefficient (Wildman–Crippen LogP) is 3.45. The standard InChI is InChI=1S/C18H17BrN2O3/c1-24-16-8-6-15(7-9-16)21-11-12(10-17(21)22)18(23)20-14-4-2-13(19)3-5-14/h2-9,12H,10-11H2,1H3,(H,20,23). The molecule has 3 rings (SSSR count). The predicted molar refractivity (Wildman–Crippen MR) is 96.2 cm³/mol. The van der Waals surface area contributed by atoms with E-state index in [-0.39, 0.29) is 24.2 Å². The fourth-order valence-electron chi connectivity index (χ4n) is 2.67. The van der Waals surface area contributed by atoms with Crippen molar-refractivity contribution in [2.24, 2.45) is 5.92 Å². The van der Waals surface area contributed by atoms with Crippen molar-refractivity contribution in [2.75, 3.05) is 23.9 Å². The molecule has 0 radical (unpaired) electrons. The van der Waals surface area contributed by atoms with Crippen LogP contribution in [0.4, 0.5) is 11.4 Å². The fourth-order valence-corrected chi connectivity index (χ4v) is 2.94. The number of hydrogen-bond acceptors (Lipinski definition) is 3. The molecule has 0 bridgehead atoms. The SMILES string of the molecule is COc1ccc(N2CC(C(=O)Nc3ccc(Br)cc3)CC2=O)cc1. The molecule has 1 saturated heterocycles. The van der Waals surface area contributed by atoms with E-state index in [9.17, 15) is 9.59 Å². The van der Waals surface area contributed by atoms with Crippen LogP contribution in [0.5, 0.6) is 5.75 Å². The average molecular weight is 389 g/mol. The molecule has 1 atom stereocenters. The summed E-state index contributed by atoms with van der Waals surface area (Å²) in [6, 6.07) is 14.6. The Morgan fingerprint density at radius 3 is 2.46 bits per heavy atom. The van der Waals surface area contributed by atoms with Crippen molar-refractivity contribution in [1.82, 2.24) is 0 Å². The van der Waals surface area contributed by atoms with Crippen LogP contribution in [-0.2, 0) is 9.59 Å². The zero-order valence-corrected chi connectivity index (χ0v) is 14.7. The van der Waals surface area contributed by atoms with Gasteiger partial charge < -0.3 is 15.0 Å². The largest absolute Gasteiger partial charge is 0.497 e. The van der Waals surface area contributed by atoms with E-state index >= 15 is 0 Å². The number of rotatable bonds is 4. The first-order chi connectivity index (χ1) is 11.6. The highest BCUT2D eigenvalue weighted by molar-refractivity contribution is 9.10. The molecular formula is C18H17BrN2O3. The Balaban J connectivity index is 1.67. The zero-order chi connectivity index (χ0) is 17.1. The van der Waals surface area contributed by atoms with E-state index in [1.165, 1.54) is 0 Å². The van der Waals surface area contributed by atoms with E-state index in [4.69, 9.17) is 4.74 Å². The summed E-state index contributed by atoms with van der Waals surface area (Å²) in [4.78, 5) is 26.3. The van der Waals surface area contributed by atoms with Crippen LogP contribution in [0, 0.1) is 5.92 Å². The van der Waals surface area contributed by atoms with Gasteiger partial charge in [-0.1, -0.05) is 15.9 Å². The summed E-state index contributed by atoms with van der Waals surface area (Å²) in [6.45, 7) is 0.382. The number of anilines is 2. The van der Waals surface area contributed by atoms with Gasteiger partial charge in [-0.2, -0.15) is 0 Å². The molecule has 5 nitrogen and oxygen atoms in total. The lowest BCUT2D eigenvalue weighted by molar-refractivity contribution is -0.122. The Labute approximate surface area is 148 Å². The second-order valence-electron chi connectivity index (χ2n) is 5.60. The number of carbonyl (C=O) groups excluding carboxylic acids is 2. The number of nitrogens with zero attached hydrogens (tertiary/aromatic N) is 1. The molecule has 124 valence electrons. The van der Waals surface area contributed by atoms with E-state index in [0.29, 0.717) is 6.54 Å². The maximum atomic E-state index is 12.4. The van der Waals surface area contributed by atoms with Gasteiger partial charge in [0.25, 0.3) is 0 Å². The number of nitrogens with one attached hydrogen (secondary N) is 1. The first-order valence-corrected chi connectivity index (χ1v) is 8.37. The van der Waals surface area contributed by atoms with Gasteiger partial charge in [-0.25, -0.2) is 0 Å². The molecule has 0 saturated carbocycles. The summed E-state index contributed by atoms with van der Waals surface area (Å²) < 4.78 is 6.07. The van der Waals surface area contributed by atoms with Crippen molar-refractivity contribution in [3.63, 3.8) is 0 Å². The molecule has 2 aromatic carbocycles. The second kappa shape index (κ2) is 7.05. The fraction of sp³-hybridized carbons (Fsp3) is 0.222. The van der Waals surface area contributed by atoms with Crippen LogP contribution >= 0.6 is 15.9 Å². The molecule has 1 N–H and O–H groups in total. The highest BCUT2D eigenvalue weighted by Gasteiger charge is 2.35. The van der Waals surface area contributed by atoms with E-state index in [2.05, 4.69) is 21.2 Å². The maximum absolute atomic E-state index is 12.4. The highest BCUT2D eigenvalue weighted by Crippen LogP contribution is 2.27. The molecule has 1 unspecified atom stereocenters. The van der Waals surface area contributed by atoms with Crippen LogP contribution in [0.1, 0.15) is 6.42 Å². The lowest BCUT2D eigenvalue weighted by Gasteiger charge is -2.17. The van der Waals surface area contributed by atoms with Crippen molar-refractivity contribution in [1.29, 1.82) is 0 Å². The summed E-state index contributed by atoms with van der Waals surface area (Å²) >= 11 is 3.36. The third-order valence-corrected chi connectivity index (χ3v) is 4.52. The number of carbonyl (C=O) groups is 2. The molecule has 0 aromatic heterocycles. The van der Waals surface area contributed by atoms with Crippen LogP contribution in [0.15, 0.2) is 53.0 Å². The van der Waals surface area contributed by atoms with Crippen molar-refractivity contribution in [3.05, 3.63) is 53.0 Å². The lowest BCUT2D eigenvalue weighted by Crippen LogP contribution is -2.28. The minimum absolute atomic E-state index is 0.0453. The average Bonchev–Trinajstić information content (AvgIpc) is 2.99. The van der Waals surface area contributed by atoms with Gasteiger partial charge in [0.1, 0.15) is 5.75 Å². The molecule has 2 aromatic rings. The highest BCUT2D eigenvalue weighted by atomic mass is 79.9. The normalized spacial score (nSPS) is 17.0. The molecule has 1 heterocycles. The van der Waals surface area contributed by atoms with E-state index in [0.717, 1.165) is 21.6 Å². The molecule has 0 aliphatic carbocycles. The Hall–Kier alpha value is -2.34. The number of hydrogen-bond donors (Lipinski definition) is 1. The monoisotopic (exact) mass is 388 g/mol. The lowest BCUT2D eigenvalue weighted by atomic mass is 10.1. The summed E-state index contributed by atoms with van der Waals surface area (Å²) in [5, 5.41) is 2.86. The Bertz CT molecular complexity index is 744. The van der Waals surface area contributed by atoms with Gasteiger partial charge in [0.15, 0.2) is 0 Å². The first kappa shape index (κ1) is 16.5. The minimum atomic E-state index is -0.358. The van der Waals surface area contributed by atoms with Crippen LogP contribution < -0.4 is 15.0 Å². The molecule has 0 spiro atoms. The Morgan fingerprint density at radius 2 is 1.83 bits per heavy atom. The van der Waals surface area contributed by atoms with Gasteiger partial charge in [0.2, 0.25) is 11.8 Å². The molecular weight excluding hydrogens is 372 g/mol. The van der Waals surface area contributed by atoms with Crippen molar-refractivity contribution in [3.8, 4) is 5.75 Å². The van der Waals surface area contributed by atoms with Crippen LogP contribution in [-0.4, -0.2) is 25.5 Å². The number of benzene rings is 2.